The van der Waals surface area contributed by atoms with Gasteiger partial charge in [0.2, 0.25) is 0 Å². The topological polar surface area (TPSA) is 70.7 Å². The van der Waals surface area contributed by atoms with Crippen LogP contribution in [-0.4, -0.2) is 46.0 Å². The highest BCUT2D eigenvalue weighted by Crippen LogP contribution is 2.27. The van der Waals surface area contributed by atoms with Crippen molar-refractivity contribution >= 4 is 17.3 Å². The average molecular weight is 289 g/mol. The molecule has 1 amide bonds. The maximum Gasteiger partial charge on any atom is 0.410 e. The fraction of sp³-hybridized carbons (Fsp3) is 0.917. The molecule has 2 unspecified atom stereocenters. The molecule has 0 radical (unpaired) electrons. The van der Waals surface area contributed by atoms with Crippen LogP contribution in [0.2, 0.25) is 0 Å². The predicted molar refractivity (Wildman–Crippen MR) is 73.7 cm³/mol. The molecule has 0 aliphatic carbocycles. The van der Waals surface area contributed by atoms with Gasteiger partial charge in [0.25, 0.3) is 0 Å². The van der Waals surface area contributed by atoms with Crippen molar-refractivity contribution in [2.24, 2.45) is 0 Å². The lowest BCUT2D eigenvalue weighted by Crippen LogP contribution is -2.63. The summed E-state index contributed by atoms with van der Waals surface area (Å²) in [6, 6.07) is 0. The largest absolute Gasteiger partial charge is 0.444 e. The summed E-state index contributed by atoms with van der Waals surface area (Å²) in [5, 5.41) is 0. The number of ether oxygens (including phenoxy) is 1. The van der Waals surface area contributed by atoms with Crippen LogP contribution in [0, 0.1) is 0 Å². The van der Waals surface area contributed by atoms with Crippen molar-refractivity contribution in [3.63, 3.8) is 0 Å². The molecular formula is C12H23N3O3S. The van der Waals surface area contributed by atoms with Crippen LogP contribution >= 0.6 is 0 Å². The zero-order chi connectivity index (χ0) is 14.1. The summed E-state index contributed by atoms with van der Waals surface area (Å²) in [6.45, 7) is 7.57. The third-order valence-electron chi connectivity index (χ3n) is 3.37. The van der Waals surface area contributed by atoms with Crippen molar-refractivity contribution in [3.8, 4) is 0 Å². The highest BCUT2D eigenvalue weighted by Gasteiger charge is 2.41. The van der Waals surface area contributed by atoms with Crippen molar-refractivity contribution in [2.75, 3.05) is 19.6 Å². The summed E-state index contributed by atoms with van der Waals surface area (Å²) in [5.74, 6) is 0. The zero-order valence-corrected chi connectivity index (χ0v) is 12.6. The van der Waals surface area contributed by atoms with Crippen molar-refractivity contribution in [1.29, 1.82) is 0 Å². The van der Waals surface area contributed by atoms with Gasteiger partial charge in [-0.25, -0.2) is 18.4 Å². The smallest absolute Gasteiger partial charge is 0.410 e. The molecule has 0 aromatic heterocycles. The Morgan fingerprint density at radius 2 is 2.11 bits per heavy atom. The number of carbonyl (C=O) groups is 1. The molecule has 7 heteroatoms. The maximum atomic E-state index is 12.1. The van der Waals surface area contributed by atoms with Gasteiger partial charge in [-0.2, -0.15) is 0 Å². The Morgan fingerprint density at radius 3 is 2.74 bits per heavy atom. The minimum atomic E-state index is -1.20. The van der Waals surface area contributed by atoms with Gasteiger partial charge in [-0.05, 0) is 40.0 Å². The van der Waals surface area contributed by atoms with Crippen LogP contribution in [0.3, 0.4) is 0 Å². The Labute approximate surface area is 117 Å². The van der Waals surface area contributed by atoms with Gasteiger partial charge in [-0.1, -0.05) is 0 Å². The van der Waals surface area contributed by atoms with Crippen molar-refractivity contribution < 1.29 is 13.7 Å². The molecule has 0 bridgehead atoms. The minimum absolute atomic E-state index is 0.231. The molecule has 2 N–H and O–H groups in total. The number of piperidine rings is 1. The first kappa shape index (κ1) is 14.7. The van der Waals surface area contributed by atoms with Gasteiger partial charge in [0.1, 0.15) is 5.60 Å². The van der Waals surface area contributed by atoms with Gasteiger partial charge >= 0.3 is 6.09 Å². The molecule has 2 rings (SSSR count). The number of likely N-dealkylation sites (tertiary alicyclic amines) is 1. The Morgan fingerprint density at radius 1 is 1.37 bits per heavy atom. The van der Waals surface area contributed by atoms with Gasteiger partial charge in [-0.3, -0.25) is 0 Å². The molecule has 0 saturated carbocycles. The average Bonchev–Trinajstić information content (AvgIpc) is 2.26. The van der Waals surface area contributed by atoms with Crippen LogP contribution in [-0.2, 0) is 15.9 Å². The first-order chi connectivity index (χ1) is 8.80. The van der Waals surface area contributed by atoms with E-state index < -0.39 is 16.8 Å². The molecule has 1 spiro atoms. The van der Waals surface area contributed by atoms with E-state index >= 15 is 0 Å². The van der Waals surface area contributed by atoms with Gasteiger partial charge < -0.3 is 9.64 Å². The molecule has 0 aromatic carbocycles. The summed E-state index contributed by atoms with van der Waals surface area (Å²) >= 11 is -1.20. The molecule has 6 nitrogen and oxygen atoms in total. The Balaban J connectivity index is 2.00. The molecule has 2 fully saturated rings. The van der Waals surface area contributed by atoms with Gasteiger partial charge in [0.05, 0.1) is 5.54 Å². The minimum Gasteiger partial charge on any atom is -0.444 e. The first-order valence-corrected chi connectivity index (χ1v) is 7.86. The number of rotatable bonds is 0. The van der Waals surface area contributed by atoms with Crippen LogP contribution in [0.25, 0.3) is 0 Å². The number of nitrogens with one attached hydrogen (secondary N) is 2. The molecule has 19 heavy (non-hydrogen) atoms. The second-order valence-corrected chi connectivity index (χ2v) is 7.33. The SMILES string of the molecule is CC(C)(C)OC(=O)N1CCCC2(CCNS(=O)N2)C1. The Hall–Kier alpha value is -0.660. The van der Waals surface area contributed by atoms with E-state index in [0.717, 1.165) is 19.3 Å². The lowest BCUT2D eigenvalue weighted by Gasteiger charge is -2.45. The highest BCUT2D eigenvalue weighted by atomic mass is 32.2. The van der Waals surface area contributed by atoms with Gasteiger partial charge in [0.15, 0.2) is 11.2 Å². The van der Waals surface area contributed by atoms with Gasteiger partial charge in [-0.15, -0.1) is 0 Å². The van der Waals surface area contributed by atoms with Crippen molar-refractivity contribution in [1.82, 2.24) is 14.3 Å². The summed E-state index contributed by atoms with van der Waals surface area (Å²) in [5.41, 5.74) is -0.711. The van der Waals surface area contributed by atoms with E-state index in [1.165, 1.54) is 0 Å². The van der Waals surface area contributed by atoms with Crippen molar-refractivity contribution in [2.45, 2.75) is 51.2 Å². The second-order valence-electron chi connectivity index (χ2n) is 6.30. The predicted octanol–water partition coefficient (Wildman–Crippen LogP) is 0.918. The Bertz CT molecular complexity index is 379. The van der Waals surface area contributed by atoms with E-state index in [0.29, 0.717) is 19.6 Å². The molecule has 2 saturated heterocycles. The molecule has 2 heterocycles. The van der Waals surface area contributed by atoms with Gasteiger partial charge in [0, 0.05) is 19.6 Å². The van der Waals surface area contributed by atoms with E-state index in [1.54, 1.807) is 4.90 Å². The van der Waals surface area contributed by atoms with Crippen LogP contribution in [0.4, 0.5) is 4.79 Å². The van der Waals surface area contributed by atoms with Crippen LogP contribution in [0.15, 0.2) is 0 Å². The fourth-order valence-corrected chi connectivity index (χ4v) is 3.59. The quantitative estimate of drug-likeness (QED) is 0.696. The van der Waals surface area contributed by atoms with E-state index in [9.17, 15) is 9.00 Å². The summed E-state index contributed by atoms with van der Waals surface area (Å²) in [4.78, 5) is 13.8. The van der Waals surface area contributed by atoms with E-state index in [-0.39, 0.29) is 11.6 Å². The van der Waals surface area contributed by atoms with E-state index in [2.05, 4.69) is 9.44 Å². The number of amides is 1. The summed E-state index contributed by atoms with van der Waals surface area (Å²) in [7, 11) is 0. The van der Waals surface area contributed by atoms with Crippen LogP contribution in [0.5, 0.6) is 0 Å². The van der Waals surface area contributed by atoms with Crippen LogP contribution < -0.4 is 9.44 Å². The lowest BCUT2D eigenvalue weighted by molar-refractivity contribution is 0.0118. The fourth-order valence-electron chi connectivity index (χ4n) is 2.57. The lowest BCUT2D eigenvalue weighted by atomic mass is 9.87. The molecule has 2 atom stereocenters. The van der Waals surface area contributed by atoms with Crippen LogP contribution in [0.1, 0.15) is 40.0 Å². The molecule has 2 aliphatic heterocycles. The first-order valence-electron chi connectivity index (χ1n) is 6.71. The molecular weight excluding hydrogens is 266 g/mol. The third kappa shape index (κ3) is 3.90. The van der Waals surface area contributed by atoms with E-state index in [4.69, 9.17) is 4.74 Å². The Kier molecular flexibility index (Phi) is 4.17. The second kappa shape index (κ2) is 5.38. The highest BCUT2D eigenvalue weighted by molar-refractivity contribution is 7.81. The molecule has 2 aliphatic rings. The zero-order valence-electron chi connectivity index (χ0n) is 11.8. The molecule has 110 valence electrons. The molecule has 0 aromatic rings. The summed E-state index contributed by atoms with van der Waals surface area (Å²) < 4.78 is 23.0. The normalized spacial score (nSPS) is 32.4. The number of hydrogen-bond acceptors (Lipinski definition) is 3. The standard InChI is InChI=1S/C12H23N3O3S/c1-11(2,3)18-10(16)15-8-4-5-12(9-15)6-7-13-19(17)14-12/h13-14H,4-9H2,1-3H3. The van der Waals surface area contributed by atoms with Crippen molar-refractivity contribution in [3.05, 3.63) is 0 Å². The maximum absolute atomic E-state index is 12.1. The van der Waals surface area contributed by atoms with E-state index in [1.807, 2.05) is 20.8 Å². The number of hydrogen-bond donors (Lipinski definition) is 2. The number of carbonyl (C=O) groups excluding carboxylic acids is 1. The summed E-state index contributed by atoms with van der Waals surface area (Å²) in [6.07, 6.45) is 2.44. The number of nitrogens with zero attached hydrogens (tertiary/aromatic N) is 1. The monoisotopic (exact) mass is 289 g/mol. The third-order valence-corrected chi connectivity index (χ3v) is 4.46.